The number of anilines is 1. The first-order valence-electron chi connectivity index (χ1n) is 9.88. The molecule has 1 aromatic heterocycles. The van der Waals surface area contributed by atoms with Crippen LogP contribution in [0.25, 0.3) is 0 Å². The Labute approximate surface area is 185 Å². The minimum atomic E-state index is 0.0140. The number of benzene rings is 1. The average Bonchev–Trinajstić information content (AvgIpc) is 3.35. The molecule has 2 aliphatic heterocycles. The predicted molar refractivity (Wildman–Crippen MR) is 124 cm³/mol. The number of carbonyl (C=O) groups is 1. The lowest BCUT2D eigenvalue weighted by molar-refractivity contribution is -0.122. The quantitative estimate of drug-likeness (QED) is 0.669. The molecule has 0 aliphatic carbocycles. The highest BCUT2D eigenvalue weighted by Crippen LogP contribution is 2.51. The van der Waals surface area contributed by atoms with Gasteiger partial charge in [-0.2, -0.15) is 5.10 Å². The summed E-state index contributed by atoms with van der Waals surface area (Å²) in [4.78, 5) is 23.9. The van der Waals surface area contributed by atoms with Gasteiger partial charge in [-0.05, 0) is 44.2 Å². The molecule has 0 radical (unpaired) electrons. The summed E-state index contributed by atoms with van der Waals surface area (Å²) in [5.41, 5.74) is 3.58. The number of aryl methyl sites for hydroxylation is 2. The Morgan fingerprint density at radius 1 is 1.27 bits per heavy atom. The van der Waals surface area contributed by atoms with Crippen molar-refractivity contribution in [3.8, 4) is 5.75 Å². The van der Waals surface area contributed by atoms with Crippen LogP contribution in [0.3, 0.4) is 0 Å². The second-order valence-electron chi connectivity index (χ2n) is 7.22. The van der Waals surface area contributed by atoms with Crippen LogP contribution >= 0.6 is 23.5 Å². The number of methoxy groups -OCH3 is 1. The summed E-state index contributed by atoms with van der Waals surface area (Å²) in [6, 6.07) is 5.98. The first-order chi connectivity index (χ1) is 14.4. The van der Waals surface area contributed by atoms with Crippen LogP contribution in [0.2, 0.25) is 0 Å². The Bertz CT molecular complexity index is 1040. The predicted octanol–water partition coefficient (Wildman–Crippen LogP) is 4.81. The van der Waals surface area contributed by atoms with E-state index in [1.54, 1.807) is 23.8 Å². The van der Waals surface area contributed by atoms with Crippen LogP contribution < -0.4 is 9.64 Å². The number of amides is 1. The number of aliphatic imine (C=N–C) groups is 1. The Morgan fingerprint density at radius 3 is 2.73 bits per heavy atom. The lowest BCUT2D eigenvalue weighted by Gasteiger charge is -2.16. The van der Waals surface area contributed by atoms with Crippen molar-refractivity contribution < 1.29 is 9.53 Å². The second kappa shape index (κ2) is 8.39. The molecule has 30 heavy (non-hydrogen) atoms. The van der Waals surface area contributed by atoms with Crippen LogP contribution in [0, 0.1) is 13.8 Å². The standard InChI is InChI=1S/C21H25N5O2S2/c1-6-7-10-26-19(27)18(30-21(26)22-17-12(2)23-24-13(17)3)20-25(4)15-11-14(28-5)8-9-16(15)29-20/h8-9,11H,6-7,10H2,1-5H3,(H,23,24)/b20-18+,22-21?. The van der Waals surface area contributed by atoms with Crippen LogP contribution in [0.5, 0.6) is 5.75 Å². The van der Waals surface area contributed by atoms with Crippen molar-refractivity contribution >= 4 is 46.0 Å². The molecule has 3 heterocycles. The number of aromatic amines is 1. The number of ether oxygens (including phenoxy) is 1. The summed E-state index contributed by atoms with van der Waals surface area (Å²) in [6.07, 6.45) is 1.94. The third-order valence-corrected chi connectivity index (χ3v) is 7.56. The number of hydrogen-bond acceptors (Lipinski definition) is 7. The number of aromatic nitrogens is 2. The van der Waals surface area contributed by atoms with Crippen molar-refractivity contribution in [2.45, 2.75) is 38.5 Å². The molecule has 0 saturated carbocycles. The lowest BCUT2D eigenvalue weighted by atomic mass is 10.3. The fourth-order valence-electron chi connectivity index (χ4n) is 3.39. The van der Waals surface area contributed by atoms with E-state index in [1.807, 2.05) is 39.1 Å². The van der Waals surface area contributed by atoms with E-state index in [0.717, 1.165) is 51.3 Å². The van der Waals surface area contributed by atoms with E-state index in [2.05, 4.69) is 22.0 Å². The Morgan fingerprint density at radius 2 is 2.07 bits per heavy atom. The smallest absolute Gasteiger partial charge is 0.269 e. The number of fused-ring (bicyclic) bond motifs is 1. The number of nitrogens with one attached hydrogen (secondary N) is 1. The van der Waals surface area contributed by atoms with Crippen LogP contribution in [0.4, 0.5) is 11.4 Å². The molecule has 7 nitrogen and oxygen atoms in total. The number of H-pyrrole nitrogens is 1. The van der Waals surface area contributed by atoms with Crippen LogP contribution in [0.15, 0.2) is 38.0 Å². The van der Waals surface area contributed by atoms with E-state index in [0.29, 0.717) is 16.6 Å². The van der Waals surface area contributed by atoms with Crippen molar-refractivity contribution in [1.29, 1.82) is 0 Å². The zero-order valence-electron chi connectivity index (χ0n) is 17.8. The number of nitrogens with zero attached hydrogens (tertiary/aromatic N) is 4. The first-order valence-corrected chi connectivity index (χ1v) is 11.5. The van der Waals surface area contributed by atoms with Crippen molar-refractivity contribution in [3.05, 3.63) is 39.5 Å². The van der Waals surface area contributed by atoms with Crippen molar-refractivity contribution in [2.24, 2.45) is 4.99 Å². The van der Waals surface area contributed by atoms with Gasteiger partial charge in [0.15, 0.2) is 5.17 Å². The number of hydrogen-bond donors (Lipinski definition) is 1. The highest BCUT2D eigenvalue weighted by molar-refractivity contribution is 8.19. The van der Waals surface area contributed by atoms with Crippen LogP contribution in [-0.4, -0.2) is 46.9 Å². The van der Waals surface area contributed by atoms with Gasteiger partial charge in [-0.15, -0.1) is 0 Å². The molecule has 2 aliphatic rings. The van der Waals surface area contributed by atoms with E-state index < -0.39 is 0 Å². The maximum atomic E-state index is 13.4. The Hall–Kier alpha value is -2.39. The van der Waals surface area contributed by atoms with Gasteiger partial charge in [0.1, 0.15) is 16.3 Å². The molecule has 1 fully saturated rings. The average molecular weight is 444 g/mol. The SMILES string of the molecule is CCCCN1C(=O)/C(=C2\Sc3ccc(OC)cc3N2C)SC1=Nc1c(C)n[nH]c1C. The van der Waals surface area contributed by atoms with Gasteiger partial charge in [0.05, 0.1) is 29.2 Å². The molecular weight excluding hydrogens is 418 g/mol. The van der Waals surface area contributed by atoms with E-state index in [1.165, 1.54) is 11.8 Å². The monoisotopic (exact) mass is 443 g/mol. The molecule has 0 spiro atoms. The van der Waals surface area contributed by atoms with Crippen LogP contribution in [-0.2, 0) is 4.79 Å². The maximum absolute atomic E-state index is 13.4. The normalized spacial score (nSPS) is 19.9. The molecule has 1 N–H and O–H groups in total. The second-order valence-corrected chi connectivity index (χ2v) is 9.23. The molecule has 9 heteroatoms. The van der Waals surface area contributed by atoms with Gasteiger partial charge < -0.3 is 9.64 Å². The summed E-state index contributed by atoms with van der Waals surface area (Å²) in [5, 5.41) is 8.85. The molecule has 0 bridgehead atoms. The Kier molecular flexibility index (Phi) is 5.84. The molecule has 0 atom stereocenters. The minimum Gasteiger partial charge on any atom is -0.497 e. The third-order valence-electron chi connectivity index (χ3n) is 5.13. The molecule has 0 unspecified atom stereocenters. The highest BCUT2D eigenvalue weighted by atomic mass is 32.2. The zero-order chi connectivity index (χ0) is 21.4. The summed E-state index contributed by atoms with van der Waals surface area (Å²) >= 11 is 3.06. The first kappa shape index (κ1) is 20.9. The fraction of sp³-hybridized carbons (Fsp3) is 0.381. The van der Waals surface area contributed by atoms with E-state index in [9.17, 15) is 4.79 Å². The van der Waals surface area contributed by atoms with Gasteiger partial charge in [-0.25, -0.2) is 4.99 Å². The number of amidine groups is 1. The summed E-state index contributed by atoms with van der Waals surface area (Å²) < 4.78 is 5.37. The third kappa shape index (κ3) is 3.60. The number of unbranched alkanes of at least 4 members (excludes halogenated alkanes) is 1. The highest BCUT2D eigenvalue weighted by Gasteiger charge is 2.39. The van der Waals surface area contributed by atoms with Gasteiger partial charge in [0.25, 0.3) is 5.91 Å². The van der Waals surface area contributed by atoms with Gasteiger partial charge in [0.2, 0.25) is 0 Å². The van der Waals surface area contributed by atoms with Gasteiger partial charge in [-0.1, -0.05) is 25.1 Å². The van der Waals surface area contributed by atoms with Crippen LogP contribution in [0.1, 0.15) is 31.2 Å². The van der Waals surface area contributed by atoms with Gasteiger partial charge in [0, 0.05) is 24.6 Å². The lowest BCUT2D eigenvalue weighted by Crippen LogP contribution is -2.30. The summed E-state index contributed by atoms with van der Waals surface area (Å²) in [7, 11) is 3.65. The molecule has 1 saturated heterocycles. The molecule has 1 amide bonds. The zero-order valence-corrected chi connectivity index (χ0v) is 19.4. The van der Waals surface area contributed by atoms with E-state index in [-0.39, 0.29) is 5.91 Å². The molecule has 4 rings (SSSR count). The maximum Gasteiger partial charge on any atom is 0.269 e. The fourth-order valence-corrected chi connectivity index (χ4v) is 5.73. The Balaban J connectivity index is 1.74. The molecular formula is C21H25N5O2S2. The van der Waals surface area contributed by atoms with Crippen molar-refractivity contribution in [2.75, 3.05) is 25.6 Å². The minimum absolute atomic E-state index is 0.0140. The number of carbonyl (C=O) groups excluding carboxylic acids is 1. The summed E-state index contributed by atoms with van der Waals surface area (Å²) in [5.74, 6) is 0.815. The topological polar surface area (TPSA) is 73.8 Å². The van der Waals surface area contributed by atoms with Gasteiger partial charge in [-0.3, -0.25) is 14.8 Å². The largest absolute Gasteiger partial charge is 0.497 e. The molecule has 158 valence electrons. The summed E-state index contributed by atoms with van der Waals surface area (Å²) in [6.45, 7) is 6.65. The van der Waals surface area contributed by atoms with E-state index in [4.69, 9.17) is 9.73 Å². The number of thioether (sulfide) groups is 2. The molecule has 1 aromatic carbocycles. The van der Waals surface area contributed by atoms with Crippen molar-refractivity contribution in [1.82, 2.24) is 15.1 Å². The number of rotatable bonds is 5. The van der Waals surface area contributed by atoms with E-state index >= 15 is 0 Å². The van der Waals surface area contributed by atoms with Crippen molar-refractivity contribution in [3.63, 3.8) is 0 Å². The van der Waals surface area contributed by atoms with Gasteiger partial charge >= 0.3 is 0 Å². The molecule has 2 aromatic rings.